The largest absolute Gasteiger partial charge is 0.384 e. The topological polar surface area (TPSA) is 82.2 Å². The van der Waals surface area contributed by atoms with E-state index in [0.717, 1.165) is 37.4 Å². The maximum absolute atomic E-state index is 12.0. The quantitative estimate of drug-likeness (QED) is 0.581. The van der Waals surface area contributed by atoms with E-state index in [-0.39, 0.29) is 11.9 Å². The number of amides is 2. The zero-order valence-corrected chi connectivity index (χ0v) is 11.9. The summed E-state index contributed by atoms with van der Waals surface area (Å²) < 4.78 is 0. The standard InChI is InChI=1S/C15H22N4O/c1-11-6-8-19(9-7-11)15(20)18-10-12-2-4-13(5-3-12)14(16)17/h2-5,11H,6-10H2,1H3,(H3,16,17)(H,18,20). The van der Waals surface area contributed by atoms with Gasteiger partial charge in [0.05, 0.1) is 0 Å². The van der Waals surface area contributed by atoms with E-state index in [4.69, 9.17) is 11.1 Å². The minimum Gasteiger partial charge on any atom is -0.384 e. The molecular weight excluding hydrogens is 252 g/mol. The summed E-state index contributed by atoms with van der Waals surface area (Å²) in [6.45, 7) is 4.42. The first-order chi connectivity index (χ1) is 9.56. The smallest absolute Gasteiger partial charge is 0.317 e. The average Bonchev–Trinajstić information content (AvgIpc) is 2.46. The van der Waals surface area contributed by atoms with E-state index in [1.807, 2.05) is 17.0 Å². The van der Waals surface area contributed by atoms with E-state index in [9.17, 15) is 4.79 Å². The Bertz CT molecular complexity index is 475. The predicted molar refractivity (Wildman–Crippen MR) is 79.7 cm³/mol. The summed E-state index contributed by atoms with van der Waals surface area (Å²) >= 11 is 0. The lowest BCUT2D eigenvalue weighted by Crippen LogP contribution is -2.43. The Morgan fingerprint density at radius 3 is 2.50 bits per heavy atom. The molecule has 108 valence electrons. The Balaban J connectivity index is 1.82. The van der Waals surface area contributed by atoms with Gasteiger partial charge >= 0.3 is 6.03 Å². The van der Waals surface area contributed by atoms with Crippen molar-refractivity contribution in [2.24, 2.45) is 11.7 Å². The summed E-state index contributed by atoms with van der Waals surface area (Å²) in [5.74, 6) is 0.779. The molecule has 0 unspecified atom stereocenters. The Morgan fingerprint density at radius 1 is 1.35 bits per heavy atom. The van der Waals surface area contributed by atoms with Crippen LogP contribution in [0.2, 0.25) is 0 Å². The number of nitrogens with two attached hydrogens (primary N) is 1. The van der Waals surface area contributed by atoms with Gasteiger partial charge in [-0.1, -0.05) is 31.2 Å². The minimum absolute atomic E-state index is 0.00699. The number of benzene rings is 1. The van der Waals surface area contributed by atoms with E-state index in [2.05, 4.69) is 12.2 Å². The molecule has 0 saturated carbocycles. The van der Waals surface area contributed by atoms with Gasteiger partial charge in [-0.2, -0.15) is 0 Å². The number of hydrogen-bond donors (Lipinski definition) is 3. The van der Waals surface area contributed by atoms with E-state index < -0.39 is 0 Å². The molecule has 2 amide bonds. The van der Waals surface area contributed by atoms with E-state index in [1.165, 1.54) is 0 Å². The molecule has 0 radical (unpaired) electrons. The highest BCUT2D eigenvalue weighted by Gasteiger charge is 2.19. The predicted octanol–water partition coefficient (Wildman–Crippen LogP) is 1.91. The molecule has 0 spiro atoms. The van der Waals surface area contributed by atoms with Crippen molar-refractivity contribution in [3.8, 4) is 0 Å². The van der Waals surface area contributed by atoms with Crippen LogP contribution in [0.1, 0.15) is 30.9 Å². The fourth-order valence-corrected chi connectivity index (χ4v) is 2.30. The number of likely N-dealkylation sites (tertiary alicyclic amines) is 1. The molecule has 0 aromatic heterocycles. The fourth-order valence-electron chi connectivity index (χ4n) is 2.30. The molecule has 0 aliphatic carbocycles. The first-order valence-corrected chi connectivity index (χ1v) is 7.02. The summed E-state index contributed by atoms with van der Waals surface area (Å²) in [5, 5.41) is 10.3. The van der Waals surface area contributed by atoms with Crippen LogP contribution in [0, 0.1) is 11.3 Å². The van der Waals surface area contributed by atoms with Gasteiger partial charge in [0.2, 0.25) is 0 Å². The van der Waals surface area contributed by atoms with Crippen LogP contribution in [0.5, 0.6) is 0 Å². The highest BCUT2D eigenvalue weighted by Crippen LogP contribution is 2.15. The number of nitrogen functional groups attached to an aromatic ring is 1. The minimum atomic E-state index is 0.00699. The number of carbonyl (C=O) groups excluding carboxylic acids is 1. The highest BCUT2D eigenvalue weighted by molar-refractivity contribution is 5.94. The molecule has 1 aliphatic rings. The monoisotopic (exact) mass is 274 g/mol. The van der Waals surface area contributed by atoms with Gasteiger partial charge in [-0.05, 0) is 24.3 Å². The molecule has 2 rings (SSSR count). The summed E-state index contributed by atoms with van der Waals surface area (Å²) in [4.78, 5) is 13.9. The van der Waals surface area contributed by atoms with E-state index in [1.54, 1.807) is 12.1 Å². The van der Waals surface area contributed by atoms with Crippen LogP contribution >= 0.6 is 0 Å². The second kappa shape index (κ2) is 6.41. The first kappa shape index (κ1) is 14.4. The third-order valence-corrected chi connectivity index (χ3v) is 3.78. The molecule has 20 heavy (non-hydrogen) atoms. The molecule has 1 saturated heterocycles. The number of nitrogens with zero attached hydrogens (tertiary/aromatic N) is 1. The van der Waals surface area contributed by atoms with Crippen molar-refractivity contribution in [1.82, 2.24) is 10.2 Å². The molecule has 4 N–H and O–H groups in total. The zero-order valence-electron chi connectivity index (χ0n) is 11.9. The number of rotatable bonds is 3. The normalized spacial score (nSPS) is 15.9. The van der Waals surface area contributed by atoms with Crippen LogP contribution in [-0.2, 0) is 6.54 Å². The van der Waals surface area contributed by atoms with Crippen molar-refractivity contribution in [2.75, 3.05) is 13.1 Å². The molecule has 1 aliphatic heterocycles. The van der Waals surface area contributed by atoms with Crippen molar-refractivity contribution in [3.63, 3.8) is 0 Å². The number of nitrogens with one attached hydrogen (secondary N) is 2. The van der Waals surface area contributed by atoms with Gasteiger partial charge in [-0.3, -0.25) is 5.41 Å². The summed E-state index contributed by atoms with van der Waals surface area (Å²) in [6, 6.07) is 7.37. The molecule has 5 nitrogen and oxygen atoms in total. The molecule has 0 bridgehead atoms. The van der Waals surface area contributed by atoms with Gasteiger partial charge < -0.3 is 16.0 Å². The Hall–Kier alpha value is -2.04. The Kier molecular flexibility index (Phi) is 4.61. The first-order valence-electron chi connectivity index (χ1n) is 7.02. The lowest BCUT2D eigenvalue weighted by molar-refractivity contribution is 0.173. The molecule has 5 heteroatoms. The van der Waals surface area contributed by atoms with Crippen molar-refractivity contribution >= 4 is 11.9 Å². The summed E-state index contributed by atoms with van der Waals surface area (Å²) in [5.41, 5.74) is 7.11. The zero-order chi connectivity index (χ0) is 14.5. The van der Waals surface area contributed by atoms with Crippen LogP contribution in [0.3, 0.4) is 0 Å². The van der Waals surface area contributed by atoms with Crippen molar-refractivity contribution in [2.45, 2.75) is 26.3 Å². The highest BCUT2D eigenvalue weighted by atomic mass is 16.2. The van der Waals surface area contributed by atoms with Gasteiger partial charge in [0.25, 0.3) is 0 Å². The van der Waals surface area contributed by atoms with E-state index in [0.29, 0.717) is 12.1 Å². The molecular formula is C15H22N4O. The Morgan fingerprint density at radius 2 is 1.95 bits per heavy atom. The molecule has 0 atom stereocenters. The summed E-state index contributed by atoms with van der Waals surface area (Å²) in [7, 11) is 0. The SMILES string of the molecule is CC1CCN(C(=O)NCc2ccc(C(=N)N)cc2)CC1. The third kappa shape index (κ3) is 3.73. The summed E-state index contributed by atoms with van der Waals surface area (Å²) in [6.07, 6.45) is 2.17. The van der Waals surface area contributed by atoms with Crippen molar-refractivity contribution in [3.05, 3.63) is 35.4 Å². The second-order valence-electron chi connectivity index (χ2n) is 5.44. The Labute approximate surface area is 119 Å². The molecule has 1 aromatic rings. The lowest BCUT2D eigenvalue weighted by Gasteiger charge is -2.30. The van der Waals surface area contributed by atoms with Crippen molar-refractivity contribution in [1.29, 1.82) is 5.41 Å². The maximum Gasteiger partial charge on any atom is 0.317 e. The number of urea groups is 1. The third-order valence-electron chi connectivity index (χ3n) is 3.78. The lowest BCUT2D eigenvalue weighted by atomic mass is 10.00. The van der Waals surface area contributed by atoms with E-state index >= 15 is 0 Å². The van der Waals surface area contributed by atoms with Gasteiger partial charge in [0, 0.05) is 25.2 Å². The van der Waals surface area contributed by atoms with Crippen LogP contribution < -0.4 is 11.1 Å². The van der Waals surface area contributed by atoms with Gasteiger partial charge in [-0.15, -0.1) is 0 Å². The second-order valence-corrected chi connectivity index (χ2v) is 5.44. The van der Waals surface area contributed by atoms with Crippen molar-refractivity contribution < 1.29 is 4.79 Å². The van der Waals surface area contributed by atoms with Gasteiger partial charge in [0.15, 0.2) is 0 Å². The van der Waals surface area contributed by atoms with Crippen LogP contribution in [0.4, 0.5) is 4.79 Å². The maximum atomic E-state index is 12.0. The molecule has 1 aromatic carbocycles. The van der Waals surface area contributed by atoms with Gasteiger partial charge in [-0.25, -0.2) is 4.79 Å². The fraction of sp³-hybridized carbons (Fsp3) is 0.467. The van der Waals surface area contributed by atoms with Crippen LogP contribution in [0.25, 0.3) is 0 Å². The average molecular weight is 274 g/mol. The van der Waals surface area contributed by atoms with Crippen LogP contribution in [0.15, 0.2) is 24.3 Å². The number of carbonyl (C=O) groups is 1. The van der Waals surface area contributed by atoms with Crippen LogP contribution in [-0.4, -0.2) is 29.9 Å². The molecule has 1 fully saturated rings. The molecule has 1 heterocycles. The number of hydrogen-bond acceptors (Lipinski definition) is 2. The van der Waals surface area contributed by atoms with Gasteiger partial charge in [0.1, 0.15) is 5.84 Å². The number of piperidine rings is 1. The number of amidine groups is 1.